The highest BCUT2D eigenvalue weighted by atomic mass is 35.5. The fraction of sp³-hybridized carbons (Fsp3) is 0.526. The molecule has 11 heteroatoms. The number of hydrogen-bond acceptors (Lipinski definition) is 8. The van der Waals surface area contributed by atoms with Crippen molar-refractivity contribution in [3.63, 3.8) is 0 Å². The van der Waals surface area contributed by atoms with Crippen LogP contribution in [0.15, 0.2) is 12.1 Å². The highest BCUT2D eigenvalue weighted by molar-refractivity contribution is 6.26. The second-order valence-electron chi connectivity index (χ2n) is 5.79. The third-order valence-electron chi connectivity index (χ3n) is 3.93. The predicted octanol–water partition coefficient (Wildman–Crippen LogP) is -0.776. The monoisotopic (exact) mass is 449 g/mol. The molecule has 1 atom stereocenters. The molecule has 1 aromatic rings. The SMILES string of the molecule is CC[NH+](CCCCl)CCOC(=O)c1cc(OC)c(OC)c(OC)c1.O=C([O-])C(=O)O. The van der Waals surface area contributed by atoms with Crippen molar-refractivity contribution in [3.8, 4) is 17.2 Å². The standard InChI is InChI=1S/C17H26ClNO5.C2H2O4/c1-5-19(8-6-7-18)9-10-24-17(20)13-11-14(21-2)16(23-4)15(12-13)22-3;3-1(4)2(5)6/h11-12H,5-10H2,1-4H3;(H,3,4)(H,5,6). The molecule has 0 amide bonds. The molecule has 30 heavy (non-hydrogen) atoms. The first-order valence-corrected chi connectivity index (χ1v) is 9.59. The van der Waals surface area contributed by atoms with E-state index in [1.807, 2.05) is 0 Å². The number of carboxylic acids is 2. The van der Waals surface area contributed by atoms with E-state index in [0.29, 0.717) is 35.3 Å². The van der Waals surface area contributed by atoms with Crippen LogP contribution in [0.3, 0.4) is 0 Å². The number of benzene rings is 1. The Morgan fingerprint density at radius 3 is 1.97 bits per heavy atom. The van der Waals surface area contributed by atoms with Crippen molar-refractivity contribution in [1.82, 2.24) is 0 Å². The first-order chi connectivity index (χ1) is 14.2. The number of carbonyl (C=O) groups excluding carboxylic acids is 2. The lowest BCUT2D eigenvalue weighted by Crippen LogP contribution is -3.12. The molecule has 10 nitrogen and oxygen atoms in total. The maximum absolute atomic E-state index is 12.3. The van der Waals surface area contributed by atoms with Gasteiger partial charge >= 0.3 is 11.9 Å². The maximum Gasteiger partial charge on any atom is 0.351 e. The van der Waals surface area contributed by atoms with Crippen molar-refractivity contribution in [2.45, 2.75) is 13.3 Å². The van der Waals surface area contributed by atoms with Crippen LogP contribution in [-0.4, -0.2) is 76.5 Å². The molecule has 1 unspecified atom stereocenters. The first-order valence-electron chi connectivity index (χ1n) is 9.06. The smallest absolute Gasteiger partial charge is 0.351 e. The average molecular weight is 450 g/mol. The van der Waals surface area contributed by atoms with Crippen molar-refractivity contribution < 1.29 is 48.4 Å². The van der Waals surface area contributed by atoms with Crippen molar-refractivity contribution >= 4 is 29.5 Å². The van der Waals surface area contributed by atoms with Crippen molar-refractivity contribution in [3.05, 3.63) is 17.7 Å². The van der Waals surface area contributed by atoms with E-state index in [4.69, 9.17) is 50.4 Å². The average Bonchev–Trinajstić information content (AvgIpc) is 2.74. The van der Waals surface area contributed by atoms with Gasteiger partial charge in [0, 0.05) is 12.3 Å². The summed E-state index contributed by atoms with van der Waals surface area (Å²) in [4.78, 5) is 31.6. The maximum atomic E-state index is 12.3. The number of esters is 1. The van der Waals surface area contributed by atoms with Crippen LogP contribution in [0.2, 0.25) is 0 Å². The van der Waals surface area contributed by atoms with Gasteiger partial charge in [0.15, 0.2) is 17.5 Å². The molecule has 0 radical (unpaired) electrons. The van der Waals surface area contributed by atoms with E-state index in [1.54, 1.807) is 12.1 Å². The van der Waals surface area contributed by atoms with Gasteiger partial charge in [0.2, 0.25) is 5.75 Å². The number of halogens is 1. The number of likely N-dealkylation sites (N-methyl/N-ethyl adjacent to an activating group) is 1. The second-order valence-corrected chi connectivity index (χ2v) is 6.17. The molecule has 1 rings (SSSR count). The minimum absolute atomic E-state index is 0.348. The van der Waals surface area contributed by atoms with Crippen LogP contribution in [0.25, 0.3) is 0 Å². The molecule has 0 spiro atoms. The molecule has 0 aliphatic heterocycles. The molecule has 170 valence electrons. The van der Waals surface area contributed by atoms with Crippen LogP contribution in [0.5, 0.6) is 17.2 Å². The van der Waals surface area contributed by atoms with Crippen LogP contribution in [0, 0.1) is 0 Å². The number of carbonyl (C=O) groups is 3. The second kappa shape index (κ2) is 15.2. The van der Waals surface area contributed by atoms with E-state index in [-0.39, 0.29) is 0 Å². The summed E-state index contributed by atoms with van der Waals surface area (Å²) >= 11 is 5.72. The zero-order valence-electron chi connectivity index (χ0n) is 17.5. The van der Waals surface area contributed by atoms with Crippen LogP contribution in [0.4, 0.5) is 0 Å². The molecule has 1 aromatic carbocycles. The summed E-state index contributed by atoms with van der Waals surface area (Å²) in [5, 5.41) is 16.3. The van der Waals surface area contributed by atoms with Gasteiger partial charge < -0.3 is 38.9 Å². The van der Waals surface area contributed by atoms with E-state index in [2.05, 4.69) is 6.92 Å². The number of quaternary nitrogens is 1. The van der Waals surface area contributed by atoms with Gasteiger partial charge in [-0.3, -0.25) is 0 Å². The van der Waals surface area contributed by atoms with E-state index < -0.39 is 17.9 Å². The molecular formula is C19H28ClNO9. The van der Waals surface area contributed by atoms with Gasteiger partial charge in [0.05, 0.1) is 40.0 Å². The van der Waals surface area contributed by atoms with Crippen LogP contribution in [0.1, 0.15) is 23.7 Å². The molecule has 0 bridgehead atoms. The highest BCUT2D eigenvalue weighted by Gasteiger charge is 2.18. The van der Waals surface area contributed by atoms with Gasteiger partial charge in [-0.1, -0.05) is 0 Å². The summed E-state index contributed by atoms with van der Waals surface area (Å²) in [5.74, 6) is -2.49. The topological polar surface area (TPSA) is 136 Å². The Labute approximate surface area is 180 Å². The van der Waals surface area contributed by atoms with Crippen LogP contribution < -0.4 is 24.2 Å². The summed E-state index contributed by atoms with van der Waals surface area (Å²) in [6.45, 7) is 5.15. The summed E-state index contributed by atoms with van der Waals surface area (Å²) < 4.78 is 21.1. The lowest BCUT2D eigenvalue weighted by Gasteiger charge is -2.17. The van der Waals surface area contributed by atoms with E-state index in [0.717, 1.165) is 26.1 Å². The number of hydrogen-bond donors (Lipinski definition) is 2. The van der Waals surface area contributed by atoms with Crippen LogP contribution >= 0.6 is 11.6 Å². The third kappa shape index (κ3) is 9.66. The Kier molecular flexibility index (Phi) is 13.8. The van der Waals surface area contributed by atoms with Crippen LogP contribution in [-0.2, 0) is 14.3 Å². The summed E-state index contributed by atoms with van der Waals surface area (Å²) in [5.41, 5.74) is 0.364. The summed E-state index contributed by atoms with van der Waals surface area (Å²) in [6, 6.07) is 3.17. The van der Waals surface area contributed by atoms with Crippen molar-refractivity contribution in [2.24, 2.45) is 0 Å². The summed E-state index contributed by atoms with van der Waals surface area (Å²) in [7, 11) is 4.53. The molecule has 0 fully saturated rings. The molecule has 0 saturated carbocycles. The van der Waals surface area contributed by atoms with Gasteiger partial charge in [0.25, 0.3) is 0 Å². The Bertz CT molecular complexity index is 660. The number of aliphatic carboxylic acids is 2. The van der Waals surface area contributed by atoms with Gasteiger partial charge in [0.1, 0.15) is 13.2 Å². The number of methoxy groups -OCH3 is 3. The minimum atomic E-state index is -2.07. The van der Waals surface area contributed by atoms with Gasteiger partial charge in [-0.2, -0.15) is 0 Å². The molecule has 0 saturated heterocycles. The normalized spacial score (nSPS) is 10.8. The number of alkyl halides is 1. The first kappa shape index (κ1) is 27.3. The molecule has 2 N–H and O–H groups in total. The molecule has 0 aliphatic carbocycles. The molecular weight excluding hydrogens is 422 g/mol. The quantitative estimate of drug-likeness (QED) is 0.253. The largest absolute Gasteiger partial charge is 0.539 e. The van der Waals surface area contributed by atoms with Gasteiger partial charge in [-0.05, 0) is 19.1 Å². The van der Waals surface area contributed by atoms with Gasteiger partial charge in [-0.15, -0.1) is 11.6 Å². The number of rotatable bonds is 11. The zero-order valence-corrected chi connectivity index (χ0v) is 18.2. The Hall–Kier alpha value is -2.72. The van der Waals surface area contributed by atoms with E-state index in [9.17, 15) is 4.79 Å². The lowest BCUT2D eigenvalue weighted by atomic mass is 10.2. The Morgan fingerprint density at radius 2 is 1.60 bits per heavy atom. The summed E-state index contributed by atoms with van der Waals surface area (Å²) in [6.07, 6.45) is 0.950. The Morgan fingerprint density at radius 1 is 1.07 bits per heavy atom. The number of ether oxygens (including phenoxy) is 4. The number of nitrogens with one attached hydrogen (secondary N) is 1. The van der Waals surface area contributed by atoms with Crippen molar-refractivity contribution in [1.29, 1.82) is 0 Å². The van der Waals surface area contributed by atoms with Crippen molar-refractivity contribution in [2.75, 3.05) is 53.5 Å². The fourth-order valence-electron chi connectivity index (χ4n) is 2.37. The fourth-order valence-corrected chi connectivity index (χ4v) is 2.50. The molecule has 0 aliphatic rings. The highest BCUT2D eigenvalue weighted by Crippen LogP contribution is 2.38. The lowest BCUT2D eigenvalue weighted by molar-refractivity contribution is -0.898. The van der Waals surface area contributed by atoms with E-state index >= 15 is 0 Å². The third-order valence-corrected chi connectivity index (χ3v) is 4.20. The van der Waals surface area contributed by atoms with Gasteiger partial charge in [-0.25, -0.2) is 9.59 Å². The zero-order chi connectivity index (χ0) is 23.1. The number of carboxylic acid groups (broad SMARTS) is 2. The minimum Gasteiger partial charge on any atom is -0.539 e. The molecule has 0 aromatic heterocycles. The van der Waals surface area contributed by atoms with E-state index in [1.165, 1.54) is 26.2 Å². The molecule has 0 heterocycles. The Balaban J connectivity index is 0.00000122. The predicted molar refractivity (Wildman–Crippen MR) is 106 cm³/mol.